The predicted molar refractivity (Wildman–Crippen MR) is 125 cm³/mol. The second kappa shape index (κ2) is 10.6. The van der Waals surface area contributed by atoms with E-state index in [0.29, 0.717) is 24.2 Å². The Morgan fingerprint density at radius 2 is 1.58 bits per heavy atom. The van der Waals surface area contributed by atoms with Crippen LogP contribution in [0.5, 0.6) is 5.75 Å². The molecule has 1 amide bonds. The molecule has 174 valence electrons. The fraction of sp³-hybridized carbons (Fsp3) is 0.240. The highest BCUT2D eigenvalue weighted by molar-refractivity contribution is 7.86. The van der Waals surface area contributed by atoms with Crippen molar-refractivity contribution in [3.8, 4) is 16.9 Å². The third-order valence-corrected chi connectivity index (χ3v) is 6.16. The molecule has 0 aliphatic carbocycles. The van der Waals surface area contributed by atoms with Gasteiger partial charge in [-0.25, -0.2) is 4.39 Å². The van der Waals surface area contributed by atoms with Gasteiger partial charge in [0.2, 0.25) is 11.8 Å². The van der Waals surface area contributed by atoms with Gasteiger partial charge in [-0.2, -0.15) is 8.42 Å². The summed E-state index contributed by atoms with van der Waals surface area (Å²) < 4.78 is 46.7. The molecule has 0 heterocycles. The Morgan fingerprint density at radius 3 is 2.12 bits per heavy atom. The molecule has 0 bridgehead atoms. The highest BCUT2D eigenvalue weighted by Crippen LogP contribution is 2.29. The molecule has 0 aliphatic rings. The molecule has 3 rings (SSSR count). The first-order valence-electron chi connectivity index (χ1n) is 10.4. The van der Waals surface area contributed by atoms with Crippen LogP contribution in [0.25, 0.3) is 11.1 Å². The van der Waals surface area contributed by atoms with E-state index in [1.165, 1.54) is 12.1 Å². The van der Waals surface area contributed by atoms with Gasteiger partial charge in [-0.3, -0.25) is 8.98 Å². The Kier molecular flexibility index (Phi) is 7.84. The van der Waals surface area contributed by atoms with Gasteiger partial charge in [0, 0.05) is 5.56 Å². The molecule has 0 aliphatic heterocycles. The number of nitrogens with two attached hydrogens (primary N) is 1. The van der Waals surface area contributed by atoms with Crippen molar-refractivity contribution in [1.82, 2.24) is 0 Å². The number of carbonyl (C=O) groups excluding carboxylic acids is 1. The smallest absolute Gasteiger partial charge is 0.302 e. The molecule has 6 nitrogen and oxygen atoms in total. The monoisotopic (exact) mass is 471 g/mol. The van der Waals surface area contributed by atoms with Gasteiger partial charge in [0.05, 0.1) is 13.5 Å². The van der Waals surface area contributed by atoms with Crippen molar-refractivity contribution in [2.75, 3.05) is 13.0 Å². The number of rotatable bonds is 10. The quantitative estimate of drug-likeness (QED) is 0.451. The molecule has 3 aromatic carbocycles. The van der Waals surface area contributed by atoms with E-state index < -0.39 is 22.0 Å². The van der Waals surface area contributed by atoms with E-state index >= 15 is 0 Å². The third-order valence-electron chi connectivity index (χ3n) is 5.25. The van der Waals surface area contributed by atoms with E-state index in [1.807, 2.05) is 37.3 Å². The lowest BCUT2D eigenvalue weighted by atomic mass is 9.94. The maximum Gasteiger partial charge on any atom is 0.302 e. The van der Waals surface area contributed by atoms with Crippen LogP contribution in [0, 0.1) is 5.82 Å². The van der Waals surface area contributed by atoms with Gasteiger partial charge in [-0.05, 0) is 58.9 Å². The molecule has 0 aromatic heterocycles. The first kappa shape index (κ1) is 24.4. The number of primary amides is 1. The molecule has 0 saturated carbocycles. The second-order valence-corrected chi connectivity index (χ2v) is 9.28. The maximum atomic E-state index is 13.2. The summed E-state index contributed by atoms with van der Waals surface area (Å²) in [5, 5.41) is 0. The number of benzene rings is 3. The van der Waals surface area contributed by atoms with Gasteiger partial charge in [0.15, 0.2) is 0 Å². The van der Waals surface area contributed by atoms with Crippen LogP contribution < -0.4 is 10.5 Å². The summed E-state index contributed by atoms with van der Waals surface area (Å²) in [4.78, 5) is 11.6. The van der Waals surface area contributed by atoms with Crippen LogP contribution in [0.2, 0.25) is 0 Å². The zero-order valence-corrected chi connectivity index (χ0v) is 19.3. The van der Waals surface area contributed by atoms with Crippen LogP contribution in [-0.4, -0.2) is 27.4 Å². The summed E-state index contributed by atoms with van der Waals surface area (Å²) in [6.45, 7) is 1.94. The van der Waals surface area contributed by atoms with E-state index in [1.54, 1.807) is 18.2 Å². The molecule has 0 fully saturated rings. The molecule has 0 unspecified atom stereocenters. The molecule has 3 aromatic rings. The van der Waals surface area contributed by atoms with Crippen molar-refractivity contribution in [3.63, 3.8) is 0 Å². The van der Waals surface area contributed by atoms with Crippen LogP contribution in [0.4, 0.5) is 4.39 Å². The van der Waals surface area contributed by atoms with Gasteiger partial charge in [0.1, 0.15) is 11.6 Å². The lowest BCUT2D eigenvalue weighted by molar-refractivity contribution is -0.117. The Balaban J connectivity index is 1.89. The topological polar surface area (TPSA) is 95.7 Å². The maximum absolute atomic E-state index is 13.2. The summed E-state index contributed by atoms with van der Waals surface area (Å²) in [5.41, 5.74) is 10.7. The van der Waals surface area contributed by atoms with Crippen molar-refractivity contribution in [2.24, 2.45) is 5.73 Å². The Morgan fingerprint density at radius 1 is 0.970 bits per heavy atom. The summed E-state index contributed by atoms with van der Waals surface area (Å²) in [6, 6.07) is 17.9. The minimum Gasteiger partial charge on any atom is -0.475 e. The standard InChI is InChI=1S/C25H26FNO5S/c1-3-19-13-18(14-24(23(19)15-25(27)28)32-16-33(29,30)31-2)12-17-4-6-20(7-5-17)21-8-10-22(26)11-9-21/h4-11,13-14H,3,12,15-16H2,1-2H3,(H2,27,28). The largest absolute Gasteiger partial charge is 0.475 e. The highest BCUT2D eigenvalue weighted by Gasteiger charge is 2.17. The minimum absolute atomic E-state index is 0.0574. The first-order valence-corrected chi connectivity index (χ1v) is 12.0. The number of hydrogen-bond donors (Lipinski definition) is 1. The van der Waals surface area contributed by atoms with Crippen LogP contribution in [0.3, 0.4) is 0 Å². The van der Waals surface area contributed by atoms with E-state index in [2.05, 4.69) is 4.18 Å². The number of carbonyl (C=O) groups is 1. The molecular weight excluding hydrogens is 445 g/mol. The lowest BCUT2D eigenvalue weighted by Gasteiger charge is -2.17. The van der Waals surface area contributed by atoms with Crippen LogP contribution in [0.1, 0.15) is 29.2 Å². The number of aryl methyl sites for hydroxylation is 1. The van der Waals surface area contributed by atoms with Crippen LogP contribution in [0.15, 0.2) is 60.7 Å². The zero-order chi connectivity index (χ0) is 24.0. The van der Waals surface area contributed by atoms with E-state index in [4.69, 9.17) is 10.5 Å². The lowest BCUT2D eigenvalue weighted by Crippen LogP contribution is -2.18. The number of amides is 1. The normalized spacial score (nSPS) is 11.4. The molecule has 2 N–H and O–H groups in total. The van der Waals surface area contributed by atoms with E-state index in [9.17, 15) is 17.6 Å². The van der Waals surface area contributed by atoms with Crippen LogP contribution >= 0.6 is 0 Å². The van der Waals surface area contributed by atoms with Gasteiger partial charge in [0.25, 0.3) is 0 Å². The second-order valence-electron chi connectivity index (χ2n) is 7.60. The number of halogens is 1. The molecule has 0 radical (unpaired) electrons. The first-order chi connectivity index (χ1) is 15.7. The van der Waals surface area contributed by atoms with Crippen molar-refractivity contribution < 1.29 is 26.5 Å². The summed E-state index contributed by atoms with van der Waals surface area (Å²) >= 11 is 0. The fourth-order valence-corrected chi connectivity index (χ4v) is 3.93. The molecule has 0 saturated heterocycles. The zero-order valence-electron chi connectivity index (χ0n) is 18.5. The predicted octanol–water partition coefficient (Wildman–Crippen LogP) is 3.99. The van der Waals surface area contributed by atoms with Crippen molar-refractivity contribution in [2.45, 2.75) is 26.2 Å². The van der Waals surface area contributed by atoms with Crippen molar-refractivity contribution in [3.05, 3.63) is 88.7 Å². The van der Waals surface area contributed by atoms with Gasteiger partial charge in [-0.15, -0.1) is 0 Å². The van der Waals surface area contributed by atoms with Crippen LogP contribution in [-0.2, 0) is 38.4 Å². The van der Waals surface area contributed by atoms with Gasteiger partial charge >= 0.3 is 10.1 Å². The Labute approximate surface area is 193 Å². The SMILES string of the molecule is CCc1cc(Cc2ccc(-c3ccc(F)cc3)cc2)cc(OCS(=O)(=O)OC)c1CC(N)=O. The minimum atomic E-state index is -3.85. The number of hydrogen-bond acceptors (Lipinski definition) is 5. The Hall–Kier alpha value is -3.23. The summed E-state index contributed by atoms with van der Waals surface area (Å²) in [5.74, 6) is -1.19. The molecular formula is C25H26FNO5S. The third kappa shape index (κ3) is 6.63. The average Bonchev–Trinajstić information content (AvgIpc) is 2.79. The van der Waals surface area contributed by atoms with Gasteiger partial charge < -0.3 is 10.5 Å². The van der Waals surface area contributed by atoms with E-state index in [-0.39, 0.29) is 12.2 Å². The molecule has 8 heteroatoms. The van der Waals surface area contributed by atoms with Crippen molar-refractivity contribution in [1.29, 1.82) is 0 Å². The number of ether oxygens (including phenoxy) is 1. The summed E-state index contributed by atoms with van der Waals surface area (Å²) in [7, 11) is -2.79. The highest BCUT2D eigenvalue weighted by atomic mass is 32.2. The Bertz CT molecular complexity index is 1220. The molecule has 33 heavy (non-hydrogen) atoms. The van der Waals surface area contributed by atoms with E-state index in [0.717, 1.165) is 34.9 Å². The van der Waals surface area contributed by atoms with Crippen molar-refractivity contribution >= 4 is 16.0 Å². The summed E-state index contributed by atoms with van der Waals surface area (Å²) in [6.07, 6.45) is 1.13. The van der Waals surface area contributed by atoms with Gasteiger partial charge in [-0.1, -0.05) is 49.4 Å². The fourth-order valence-electron chi connectivity index (χ4n) is 3.56. The average molecular weight is 472 g/mol. The molecule has 0 atom stereocenters. The molecule has 0 spiro atoms.